The zero-order chi connectivity index (χ0) is 6.97. The summed E-state index contributed by atoms with van der Waals surface area (Å²) in [5.74, 6) is -0.0914. The van der Waals surface area contributed by atoms with E-state index in [1.165, 1.54) is 12.3 Å². The molecule has 3 heteroatoms. The van der Waals surface area contributed by atoms with Gasteiger partial charge >= 0.3 is 0 Å². The van der Waals surface area contributed by atoms with E-state index in [1.54, 1.807) is 12.1 Å². The van der Waals surface area contributed by atoms with E-state index in [2.05, 4.69) is 9.68 Å². The lowest BCUT2D eigenvalue weighted by Crippen LogP contribution is -1.88. The van der Waals surface area contributed by atoms with Crippen molar-refractivity contribution < 1.29 is 9.63 Å². The number of benzene rings is 1. The summed E-state index contributed by atoms with van der Waals surface area (Å²) in [5, 5.41) is 15.2. The summed E-state index contributed by atoms with van der Waals surface area (Å²) in [6.45, 7) is 0. The smallest absolute Gasteiger partial charge is 0.131 e. The largest absolute Gasteiger partial charge is 0.871 e. The normalized spacial score (nSPS) is 10.4. The maximum atomic E-state index is 10.9. The Morgan fingerprint density at radius 1 is 1.40 bits per heavy atom. The standard InChI is InChI=1S/C7H5NO2/c9-6-3-1-2-5-4-10-8-7(5)6/h1-4,9H/p-1. The van der Waals surface area contributed by atoms with Crippen LogP contribution >= 0.6 is 0 Å². The first-order valence-corrected chi connectivity index (χ1v) is 2.88. The first-order valence-electron chi connectivity index (χ1n) is 2.88. The molecule has 0 aliphatic carbocycles. The molecule has 0 N–H and O–H groups in total. The monoisotopic (exact) mass is 134 g/mol. The maximum Gasteiger partial charge on any atom is 0.131 e. The summed E-state index contributed by atoms with van der Waals surface area (Å²) in [6.07, 6.45) is 1.46. The lowest BCUT2D eigenvalue weighted by molar-refractivity contribution is -0.266. The van der Waals surface area contributed by atoms with Crippen LogP contribution in [0.1, 0.15) is 0 Å². The van der Waals surface area contributed by atoms with Crippen LogP contribution in [0.5, 0.6) is 5.75 Å². The molecule has 2 aromatic rings. The van der Waals surface area contributed by atoms with Crippen molar-refractivity contribution in [1.82, 2.24) is 5.16 Å². The Balaban J connectivity index is 2.95. The Morgan fingerprint density at radius 2 is 2.30 bits per heavy atom. The van der Waals surface area contributed by atoms with Crippen molar-refractivity contribution in [3.8, 4) is 5.75 Å². The van der Waals surface area contributed by atoms with Gasteiger partial charge in [-0.3, -0.25) is 0 Å². The highest BCUT2D eigenvalue weighted by Gasteiger charge is 1.94. The van der Waals surface area contributed by atoms with Crippen molar-refractivity contribution in [2.45, 2.75) is 0 Å². The maximum absolute atomic E-state index is 10.9. The minimum atomic E-state index is -0.0914. The van der Waals surface area contributed by atoms with Crippen LogP contribution in [0.4, 0.5) is 0 Å². The highest BCUT2D eigenvalue weighted by Crippen LogP contribution is 2.18. The average molecular weight is 134 g/mol. The Hall–Kier alpha value is -1.51. The zero-order valence-corrected chi connectivity index (χ0v) is 5.07. The molecule has 1 aromatic heterocycles. The van der Waals surface area contributed by atoms with E-state index in [9.17, 15) is 5.11 Å². The van der Waals surface area contributed by atoms with Gasteiger partial charge in [-0.2, -0.15) is 0 Å². The Bertz CT molecular complexity index is 353. The molecule has 0 unspecified atom stereocenters. The van der Waals surface area contributed by atoms with E-state index >= 15 is 0 Å². The van der Waals surface area contributed by atoms with Gasteiger partial charge in [-0.05, 0) is 6.07 Å². The molecule has 0 saturated carbocycles. The molecule has 0 aliphatic heterocycles. The number of hydrogen-bond donors (Lipinski definition) is 0. The Labute approximate surface area is 56.9 Å². The number of fused-ring (bicyclic) bond motifs is 1. The van der Waals surface area contributed by atoms with Gasteiger partial charge < -0.3 is 9.63 Å². The highest BCUT2D eigenvalue weighted by molar-refractivity contribution is 5.82. The molecular weight excluding hydrogens is 130 g/mol. The second kappa shape index (κ2) is 1.73. The van der Waals surface area contributed by atoms with Crippen molar-refractivity contribution in [1.29, 1.82) is 0 Å². The summed E-state index contributed by atoms with van der Waals surface area (Å²) >= 11 is 0. The summed E-state index contributed by atoms with van der Waals surface area (Å²) in [6, 6.07) is 4.93. The first-order chi connectivity index (χ1) is 4.88. The van der Waals surface area contributed by atoms with Gasteiger partial charge in [0.2, 0.25) is 0 Å². The molecule has 0 bridgehead atoms. The van der Waals surface area contributed by atoms with Gasteiger partial charge in [-0.15, -0.1) is 0 Å². The van der Waals surface area contributed by atoms with E-state index in [-0.39, 0.29) is 5.75 Å². The summed E-state index contributed by atoms with van der Waals surface area (Å²) in [5.41, 5.74) is 0.405. The lowest BCUT2D eigenvalue weighted by Gasteiger charge is -2.01. The predicted octanol–water partition coefficient (Wildman–Crippen LogP) is 0.901. The minimum absolute atomic E-state index is 0.0914. The number of nitrogens with zero attached hydrogens (tertiary/aromatic N) is 1. The molecule has 2 rings (SSSR count). The highest BCUT2D eigenvalue weighted by atomic mass is 16.5. The summed E-state index contributed by atoms with van der Waals surface area (Å²) in [7, 11) is 0. The van der Waals surface area contributed by atoms with Gasteiger partial charge in [-0.25, -0.2) is 0 Å². The van der Waals surface area contributed by atoms with E-state index in [0.717, 1.165) is 5.39 Å². The third kappa shape index (κ3) is 0.572. The van der Waals surface area contributed by atoms with Crippen molar-refractivity contribution in [2.24, 2.45) is 0 Å². The molecule has 10 heavy (non-hydrogen) atoms. The van der Waals surface area contributed by atoms with Crippen LogP contribution in [0.25, 0.3) is 10.9 Å². The molecule has 50 valence electrons. The molecule has 0 fully saturated rings. The van der Waals surface area contributed by atoms with Gasteiger partial charge in [0.15, 0.2) is 0 Å². The topological polar surface area (TPSA) is 49.1 Å². The molecule has 0 saturated heterocycles. The molecule has 0 amide bonds. The van der Waals surface area contributed by atoms with Crippen molar-refractivity contribution in [3.63, 3.8) is 0 Å². The molecule has 0 radical (unpaired) electrons. The minimum Gasteiger partial charge on any atom is -0.871 e. The van der Waals surface area contributed by atoms with E-state index < -0.39 is 0 Å². The average Bonchev–Trinajstić information content (AvgIpc) is 2.36. The van der Waals surface area contributed by atoms with Crippen molar-refractivity contribution in [2.75, 3.05) is 0 Å². The van der Waals surface area contributed by atoms with Gasteiger partial charge in [0.25, 0.3) is 0 Å². The fourth-order valence-corrected chi connectivity index (χ4v) is 0.868. The number of aromatic nitrogens is 1. The van der Waals surface area contributed by atoms with Gasteiger partial charge in [0, 0.05) is 5.39 Å². The van der Waals surface area contributed by atoms with E-state index in [1.807, 2.05) is 0 Å². The summed E-state index contributed by atoms with van der Waals surface area (Å²) in [4.78, 5) is 0. The second-order valence-corrected chi connectivity index (χ2v) is 2.01. The van der Waals surface area contributed by atoms with Gasteiger partial charge in [0.05, 0.1) is 0 Å². The third-order valence-corrected chi connectivity index (χ3v) is 1.35. The SMILES string of the molecule is [O-]c1cccc2conc12. The van der Waals surface area contributed by atoms with Crippen molar-refractivity contribution in [3.05, 3.63) is 24.5 Å². The quantitative estimate of drug-likeness (QED) is 0.537. The van der Waals surface area contributed by atoms with Crippen LogP contribution in [-0.4, -0.2) is 5.16 Å². The fourth-order valence-electron chi connectivity index (χ4n) is 0.868. The van der Waals surface area contributed by atoms with Crippen LogP contribution in [0.15, 0.2) is 29.0 Å². The second-order valence-electron chi connectivity index (χ2n) is 2.01. The Morgan fingerprint density at radius 3 is 3.10 bits per heavy atom. The van der Waals surface area contributed by atoms with Crippen LogP contribution in [0.3, 0.4) is 0 Å². The van der Waals surface area contributed by atoms with Crippen LogP contribution in [-0.2, 0) is 0 Å². The first kappa shape index (κ1) is 5.29. The molecule has 3 nitrogen and oxygen atoms in total. The Kier molecular flexibility index (Phi) is 0.917. The molecule has 0 atom stereocenters. The molecule has 1 aromatic carbocycles. The predicted molar refractivity (Wildman–Crippen MR) is 33.5 cm³/mol. The summed E-state index contributed by atoms with van der Waals surface area (Å²) < 4.78 is 4.60. The third-order valence-electron chi connectivity index (χ3n) is 1.35. The number of hydrogen-bond acceptors (Lipinski definition) is 3. The number of rotatable bonds is 0. The van der Waals surface area contributed by atoms with Crippen LogP contribution < -0.4 is 5.11 Å². The molecule has 1 heterocycles. The fraction of sp³-hybridized carbons (Fsp3) is 0. The van der Waals surface area contributed by atoms with Gasteiger partial charge in [0.1, 0.15) is 11.8 Å². The van der Waals surface area contributed by atoms with Crippen molar-refractivity contribution >= 4 is 10.9 Å². The van der Waals surface area contributed by atoms with Gasteiger partial charge in [-0.1, -0.05) is 23.0 Å². The van der Waals surface area contributed by atoms with E-state index in [0.29, 0.717) is 5.52 Å². The lowest BCUT2D eigenvalue weighted by atomic mass is 10.2. The van der Waals surface area contributed by atoms with Crippen LogP contribution in [0, 0.1) is 0 Å². The molecule has 0 spiro atoms. The molecular formula is C7H4NO2-. The van der Waals surface area contributed by atoms with E-state index in [4.69, 9.17) is 0 Å². The van der Waals surface area contributed by atoms with Crippen LogP contribution in [0.2, 0.25) is 0 Å². The zero-order valence-electron chi connectivity index (χ0n) is 5.07. The molecule has 0 aliphatic rings.